The van der Waals surface area contributed by atoms with Crippen LogP contribution in [-0.2, 0) is 0 Å². The van der Waals surface area contributed by atoms with E-state index >= 15 is 0 Å². The molecule has 1 aromatic carbocycles. The van der Waals surface area contributed by atoms with Crippen molar-refractivity contribution >= 4 is 17.2 Å². The van der Waals surface area contributed by atoms with Crippen LogP contribution in [0.15, 0.2) is 29.6 Å². The van der Waals surface area contributed by atoms with E-state index in [1.54, 1.807) is 23.6 Å². The summed E-state index contributed by atoms with van der Waals surface area (Å²) in [7, 11) is 0. The third-order valence-electron chi connectivity index (χ3n) is 4.32. The second kappa shape index (κ2) is 6.76. The van der Waals surface area contributed by atoms with E-state index in [0.29, 0.717) is 28.7 Å². The van der Waals surface area contributed by atoms with Crippen molar-refractivity contribution in [3.63, 3.8) is 0 Å². The molecule has 1 aliphatic rings. The first-order valence-electron chi connectivity index (χ1n) is 7.81. The van der Waals surface area contributed by atoms with Gasteiger partial charge in [0.25, 0.3) is 5.91 Å². The number of thiazole rings is 1. The molecule has 2 aromatic rings. The van der Waals surface area contributed by atoms with Crippen molar-refractivity contribution in [1.82, 2.24) is 9.88 Å². The summed E-state index contributed by atoms with van der Waals surface area (Å²) in [5.41, 5.74) is 6.79. The Labute approximate surface area is 139 Å². The summed E-state index contributed by atoms with van der Waals surface area (Å²) in [4.78, 5) is 18.8. The number of amides is 1. The number of rotatable bonds is 3. The number of carbonyl (C=O) groups is 1. The van der Waals surface area contributed by atoms with Crippen LogP contribution in [0.5, 0.6) is 0 Å². The van der Waals surface area contributed by atoms with Gasteiger partial charge < -0.3 is 10.6 Å². The number of nitrogens with two attached hydrogens (primary N) is 1. The van der Waals surface area contributed by atoms with Gasteiger partial charge in [-0.3, -0.25) is 4.79 Å². The molecule has 2 heterocycles. The highest BCUT2D eigenvalue weighted by Gasteiger charge is 2.27. The molecular weight excluding hydrogens is 313 g/mol. The number of aromatic nitrogens is 1. The summed E-state index contributed by atoms with van der Waals surface area (Å²) in [5.74, 6) is -0.0811. The van der Waals surface area contributed by atoms with Gasteiger partial charge in [-0.1, -0.05) is 12.1 Å². The summed E-state index contributed by atoms with van der Waals surface area (Å²) in [5, 5.41) is 2.24. The van der Waals surface area contributed by atoms with Crippen LogP contribution in [0.1, 0.15) is 30.3 Å². The van der Waals surface area contributed by atoms with Crippen LogP contribution >= 0.6 is 11.3 Å². The first-order chi connectivity index (χ1) is 11.1. The minimum atomic E-state index is -0.323. The molecule has 0 radical (unpaired) electrons. The second-order valence-electron chi connectivity index (χ2n) is 6.03. The van der Waals surface area contributed by atoms with Gasteiger partial charge in [0.2, 0.25) is 0 Å². The predicted octanol–water partition coefficient (Wildman–Crippen LogP) is 3.15. The number of benzene rings is 1. The van der Waals surface area contributed by atoms with Crippen molar-refractivity contribution in [2.75, 3.05) is 13.1 Å². The summed E-state index contributed by atoms with van der Waals surface area (Å²) in [6.07, 6.45) is 2.02. The van der Waals surface area contributed by atoms with Crippen LogP contribution in [0, 0.1) is 11.7 Å². The highest BCUT2D eigenvalue weighted by Crippen LogP contribution is 2.27. The molecule has 0 aliphatic carbocycles. The summed E-state index contributed by atoms with van der Waals surface area (Å²) >= 11 is 1.29. The maximum atomic E-state index is 13.8. The maximum absolute atomic E-state index is 13.8. The van der Waals surface area contributed by atoms with Gasteiger partial charge in [0.05, 0.1) is 0 Å². The number of halogens is 1. The number of hydrogen-bond acceptors (Lipinski definition) is 4. The van der Waals surface area contributed by atoms with Crippen LogP contribution in [0.4, 0.5) is 4.39 Å². The van der Waals surface area contributed by atoms with Gasteiger partial charge in [-0.25, -0.2) is 9.37 Å². The number of nitrogens with zero attached hydrogens (tertiary/aromatic N) is 2. The van der Waals surface area contributed by atoms with E-state index in [2.05, 4.69) is 4.98 Å². The zero-order valence-corrected chi connectivity index (χ0v) is 13.9. The molecule has 0 bridgehead atoms. The van der Waals surface area contributed by atoms with Gasteiger partial charge in [0.1, 0.15) is 16.5 Å². The zero-order valence-electron chi connectivity index (χ0n) is 13.0. The van der Waals surface area contributed by atoms with Crippen molar-refractivity contribution in [3.05, 3.63) is 41.2 Å². The molecule has 23 heavy (non-hydrogen) atoms. The lowest BCUT2D eigenvalue weighted by atomic mass is 9.92. The molecule has 0 spiro atoms. The van der Waals surface area contributed by atoms with Crippen molar-refractivity contribution in [2.45, 2.75) is 25.8 Å². The lowest BCUT2D eigenvalue weighted by Crippen LogP contribution is -2.45. The van der Waals surface area contributed by atoms with Crippen LogP contribution in [-0.4, -0.2) is 34.9 Å². The number of hydrogen-bond donors (Lipinski definition) is 1. The summed E-state index contributed by atoms with van der Waals surface area (Å²) in [6, 6.07) is 6.56. The lowest BCUT2D eigenvalue weighted by molar-refractivity contribution is 0.0656. The molecule has 4 nitrogen and oxygen atoms in total. The fraction of sp³-hybridized carbons (Fsp3) is 0.412. The molecule has 3 rings (SSSR count). The van der Waals surface area contributed by atoms with E-state index in [1.165, 1.54) is 17.4 Å². The van der Waals surface area contributed by atoms with Crippen LogP contribution < -0.4 is 5.73 Å². The number of likely N-dealkylation sites (tertiary alicyclic amines) is 1. The molecule has 2 atom stereocenters. The van der Waals surface area contributed by atoms with Gasteiger partial charge in [0.15, 0.2) is 0 Å². The Bertz CT molecular complexity index is 701. The van der Waals surface area contributed by atoms with Gasteiger partial charge in [-0.15, -0.1) is 11.3 Å². The van der Waals surface area contributed by atoms with E-state index < -0.39 is 0 Å². The molecule has 1 fully saturated rings. The average Bonchev–Trinajstić information content (AvgIpc) is 3.04. The molecule has 2 N–H and O–H groups in total. The fourth-order valence-electron chi connectivity index (χ4n) is 2.92. The smallest absolute Gasteiger partial charge is 0.273 e. The maximum Gasteiger partial charge on any atom is 0.273 e. The molecule has 1 aliphatic heterocycles. The Hall–Kier alpha value is -1.79. The molecule has 1 amide bonds. The summed E-state index contributed by atoms with van der Waals surface area (Å²) in [6.45, 7) is 3.38. The van der Waals surface area contributed by atoms with E-state index in [-0.39, 0.29) is 17.8 Å². The molecule has 1 saturated heterocycles. The molecule has 1 aromatic heterocycles. The Kier molecular flexibility index (Phi) is 4.73. The van der Waals surface area contributed by atoms with Crippen LogP contribution in [0.25, 0.3) is 10.6 Å². The average molecular weight is 333 g/mol. The lowest BCUT2D eigenvalue weighted by Gasteiger charge is -2.34. The van der Waals surface area contributed by atoms with Gasteiger partial charge in [-0.2, -0.15) is 0 Å². The van der Waals surface area contributed by atoms with Gasteiger partial charge >= 0.3 is 0 Å². The molecule has 0 saturated carbocycles. The quantitative estimate of drug-likeness (QED) is 0.939. The standard InChI is InChI=1S/C17H20FN3OS/c1-11(19)12-5-4-8-21(9-12)17(22)15-10-23-16(20-15)13-6-2-3-7-14(13)18/h2-3,6-7,10-12H,4-5,8-9,19H2,1H3/t11-,12+/m1/s1. The minimum Gasteiger partial charge on any atom is -0.337 e. The minimum absolute atomic E-state index is 0.0787. The highest BCUT2D eigenvalue weighted by molar-refractivity contribution is 7.13. The third-order valence-corrected chi connectivity index (χ3v) is 5.19. The highest BCUT2D eigenvalue weighted by atomic mass is 32.1. The van der Waals surface area contributed by atoms with Crippen molar-refractivity contribution in [2.24, 2.45) is 11.7 Å². The predicted molar refractivity (Wildman–Crippen MR) is 89.8 cm³/mol. The van der Waals surface area contributed by atoms with Crippen molar-refractivity contribution in [3.8, 4) is 10.6 Å². The third kappa shape index (κ3) is 3.43. The normalized spacial score (nSPS) is 19.6. The van der Waals surface area contributed by atoms with E-state index in [0.717, 1.165) is 19.4 Å². The SMILES string of the molecule is C[C@@H](N)[C@H]1CCCN(C(=O)c2csc(-c3ccccc3F)n2)C1. The van der Waals surface area contributed by atoms with Crippen molar-refractivity contribution in [1.29, 1.82) is 0 Å². The van der Waals surface area contributed by atoms with Gasteiger partial charge in [0, 0.05) is 30.1 Å². The Morgan fingerprint density at radius 1 is 1.48 bits per heavy atom. The first kappa shape index (κ1) is 16.1. The van der Waals surface area contributed by atoms with Crippen molar-refractivity contribution < 1.29 is 9.18 Å². The molecule has 6 heteroatoms. The number of piperidine rings is 1. The monoisotopic (exact) mass is 333 g/mol. The van der Waals surface area contributed by atoms with E-state index in [9.17, 15) is 9.18 Å². The summed E-state index contributed by atoms with van der Waals surface area (Å²) < 4.78 is 13.8. The van der Waals surface area contributed by atoms with Crippen LogP contribution in [0.2, 0.25) is 0 Å². The largest absolute Gasteiger partial charge is 0.337 e. The Balaban J connectivity index is 1.78. The topological polar surface area (TPSA) is 59.2 Å². The van der Waals surface area contributed by atoms with Crippen LogP contribution in [0.3, 0.4) is 0 Å². The Morgan fingerprint density at radius 2 is 2.26 bits per heavy atom. The Morgan fingerprint density at radius 3 is 3.00 bits per heavy atom. The van der Waals surface area contributed by atoms with Gasteiger partial charge in [-0.05, 0) is 37.8 Å². The second-order valence-corrected chi connectivity index (χ2v) is 6.89. The molecular formula is C17H20FN3OS. The fourth-order valence-corrected chi connectivity index (χ4v) is 3.74. The first-order valence-corrected chi connectivity index (χ1v) is 8.69. The number of carbonyl (C=O) groups excluding carboxylic acids is 1. The van der Waals surface area contributed by atoms with E-state index in [1.807, 2.05) is 11.8 Å². The van der Waals surface area contributed by atoms with E-state index in [4.69, 9.17) is 5.73 Å². The zero-order chi connectivity index (χ0) is 16.4. The molecule has 122 valence electrons. The molecule has 0 unspecified atom stereocenters.